The Morgan fingerprint density at radius 3 is 2.57 bits per heavy atom. The number of amidine groups is 1. The normalized spacial score (nSPS) is 16.8. The number of carbonyl (C=O) groups is 1. The highest BCUT2D eigenvalue weighted by atomic mass is 32.2. The number of carbonyl (C=O) groups excluding carboxylic acids is 1. The van der Waals surface area contributed by atoms with Crippen molar-refractivity contribution in [3.05, 3.63) is 70.6 Å². The predicted molar refractivity (Wildman–Crippen MR) is 88.4 cm³/mol. The van der Waals surface area contributed by atoms with Crippen molar-refractivity contribution in [2.45, 2.75) is 6.92 Å². The third kappa shape index (κ3) is 2.76. The Hall–Kier alpha value is -2.33. The smallest absolute Gasteiger partial charge is 0.271 e. The first-order valence-corrected chi connectivity index (χ1v) is 7.41. The minimum absolute atomic E-state index is 0.139. The molecular weight excluding hydrogens is 280 g/mol. The van der Waals surface area contributed by atoms with Crippen molar-refractivity contribution in [3.63, 3.8) is 0 Å². The number of anilines is 1. The summed E-state index contributed by atoms with van der Waals surface area (Å²) in [4.78, 5) is 14.6. The van der Waals surface area contributed by atoms with E-state index in [1.807, 2.05) is 67.6 Å². The van der Waals surface area contributed by atoms with E-state index in [0.717, 1.165) is 16.8 Å². The van der Waals surface area contributed by atoms with Crippen LogP contribution in [0.25, 0.3) is 6.08 Å². The molecule has 3 rings (SSSR count). The average molecular weight is 294 g/mol. The summed E-state index contributed by atoms with van der Waals surface area (Å²) >= 11 is 1.20. The zero-order chi connectivity index (χ0) is 14.8. The van der Waals surface area contributed by atoms with Gasteiger partial charge in [0.1, 0.15) is 0 Å². The maximum absolute atomic E-state index is 12.5. The van der Waals surface area contributed by atoms with Crippen LogP contribution in [0, 0.1) is 12.3 Å². The second-order valence-corrected chi connectivity index (χ2v) is 5.84. The number of hydrogen-bond donors (Lipinski definition) is 1. The molecule has 3 nitrogen and oxygen atoms in total. The number of amides is 1. The van der Waals surface area contributed by atoms with Crippen LogP contribution in [0.1, 0.15) is 11.1 Å². The summed E-state index contributed by atoms with van der Waals surface area (Å²) in [5, 5.41) is 8.31. The Morgan fingerprint density at radius 1 is 1.10 bits per heavy atom. The third-order valence-corrected chi connectivity index (χ3v) is 4.07. The van der Waals surface area contributed by atoms with Crippen LogP contribution in [0.3, 0.4) is 0 Å². The van der Waals surface area contributed by atoms with Gasteiger partial charge in [0.25, 0.3) is 5.91 Å². The molecule has 0 radical (unpaired) electrons. The average Bonchev–Trinajstić information content (AvgIpc) is 2.74. The second kappa shape index (κ2) is 5.58. The van der Waals surface area contributed by atoms with E-state index in [0.29, 0.717) is 4.91 Å². The van der Waals surface area contributed by atoms with Gasteiger partial charge in [-0.05, 0) is 48.0 Å². The molecule has 0 saturated carbocycles. The molecule has 1 fully saturated rings. The molecule has 1 amide bonds. The van der Waals surface area contributed by atoms with Crippen molar-refractivity contribution in [1.82, 2.24) is 0 Å². The molecule has 0 bridgehead atoms. The molecule has 4 heteroatoms. The predicted octanol–water partition coefficient (Wildman–Crippen LogP) is 4.05. The highest BCUT2D eigenvalue weighted by molar-refractivity contribution is 8.19. The fourth-order valence-corrected chi connectivity index (χ4v) is 3.05. The monoisotopic (exact) mass is 294 g/mol. The van der Waals surface area contributed by atoms with Gasteiger partial charge in [-0.2, -0.15) is 0 Å². The van der Waals surface area contributed by atoms with E-state index in [1.165, 1.54) is 16.7 Å². The lowest BCUT2D eigenvalue weighted by atomic mass is 10.2. The van der Waals surface area contributed by atoms with Crippen LogP contribution in [-0.4, -0.2) is 11.1 Å². The van der Waals surface area contributed by atoms with Gasteiger partial charge in [-0.1, -0.05) is 42.5 Å². The van der Waals surface area contributed by atoms with E-state index in [2.05, 4.69) is 0 Å². The Bertz CT molecular complexity index is 737. The SMILES string of the molecule is Cc1cccc(N2C(=N)S/C(=C\c3ccccc3)C2=O)c1. The standard InChI is InChI=1S/C17H14N2OS/c1-12-6-5-9-14(10-12)19-16(20)15(21-17(19)18)11-13-7-3-2-4-8-13/h2-11,18H,1H3/b15-11-,18-17?. The highest BCUT2D eigenvalue weighted by Gasteiger charge is 2.33. The van der Waals surface area contributed by atoms with E-state index in [9.17, 15) is 4.79 Å². The minimum Gasteiger partial charge on any atom is -0.278 e. The van der Waals surface area contributed by atoms with Gasteiger partial charge >= 0.3 is 0 Å². The van der Waals surface area contributed by atoms with Gasteiger partial charge in [-0.3, -0.25) is 15.1 Å². The summed E-state index contributed by atoms with van der Waals surface area (Å²) in [5.74, 6) is -0.139. The minimum atomic E-state index is -0.139. The van der Waals surface area contributed by atoms with E-state index in [1.54, 1.807) is 0 Å². The van der Waals surface area contributed by atoms with Crippen LogP contribution >= 0.6 is 11.8 Å². The first kappa shape index (κ1) is 13.6. The molecule has 0 spiro atoms. The van der Waals surface area contributed by atoms with E-state index in [-0.39, 0.29) is 11.1 Å². The Morgan fingerprint density at radius 2 is 1.86 bits per heavy atom. The second-order valence-electron chi connectivity index (χ2n) is 4.81. The highest BCUT2D eigenvalue weighted by Crippen LogP contribution is 2.35. The van der Waals surface area contributed by atoms with Crippen molar-refractivity contribution in [1.29, 1.82) is 5.41 Å². The van der Waals surface area contributed by atoms with Crippen LogP contribution in [0.4, 0.5) is 5.69 Å². The molecule has 0 unspecified atom stereocenters. The van der Waals surface area contributed by atoms with Crippen LogP contribution in [0.2, 0.25) is 0 Å². The van der Waals surface area contributed by atoms with Crippen LogP contribution in [0.15, 0.2) is 59.5 Å². The number of rotatable bonds is 2. The number of nitrogens with one attached hydrogen (secondary N) is 1. The summed E-state index contributed by atoms with van der Waals surface area (Å²) in [6.07, 6.45) is 1.83. The van der Waals surface area contributed by atoms with Crippen LogP contribution in [-0.2, 0) is 4.79 Å². The van der Waals surface area contributed by atoms with Crippen molar-refractivity contribution in [2.24, 2.45) is 0 Å². The summed E-state index contributed by atoms with van der Waals surface area (Å²) in [7, 11) is 0. The number of hydrogen-bond acceptors (Lipinski definition) is 3. The topological polar surface area (TPSA) is 44.2 Å². The lowest BCUT2D eigenvalue weighted by Crippen LogP contribution is -2.28. The maximum atomic E-state index is 12.5. The quantitative estimate of drug-likeness (QED) is 0.849. The molecule has 1 heterocycles. The first-order chi connectivity index (χ1) is 10.1. The Kier molecular flexibility index (Phi) is 3.62. The molecular formula is C17H14N2OS. The summed E-state index contributed by atoms with van der Waals surface area (Å²) in [6, 6.07) is 17.3. The van der Waals surface area contributed by atoms with E-state index < -0.39 is 0 Å². The van der Waals surface area contributed by atoms with Gasteiger partial charge in [0.2, 0.25) is 0 Å². The zero-order valence-corrected chi connectivity index (χ0v) is 12.4. The van der Waals surface area contributed by atoms with Crippen molar-refractivity contribution in [3.8, 4) is 0 Å². The molecule has 1 N–H and O–H groups in total. The van der Waals surface area contributed by atoms with Gasteiger partial charge in [0.05, 0.1) is 10.6 Å². The largest absolute Gasteiger partial charge is 0.278 e. The third-order valence-electron chi connectivity index (χ3n) is 3.18. The number of thioether (sulfide) groups is 1. The molecule has 104 valence electrons. The van der Waals surface area contributed by atoms with Gasteiger partial charge in [-0.15, -0.1) is 0 Å². The first-order valence-electron chi connectivity index (χ1n) is 6.59. The van der Waals surface area contributed by atoms with Crippen molar-refractivity contribution < 1.29 is 4.79 Å². The van der Waals surface area contributed by atoms with E-state index >= 15 is 0 Å². The van der Waals surface area contributed by atoms with Crippen LogP contribution < -0.4 is 4.90 Å². The maximum Gasteiger partial charge on any atom is 0.271 e. The molecule has 1 aliphatic rings. The summed E-state index contributed by atoms with van der Waals surface area (Å²) in [6.45, 7) is 1.97. The van der Waals surface area contributed by atoms with Gasteiger partial charge in [0.15, 0.2) is 5.17 Å². The van der Waals surface area contributed by atoms with Crippen molar-refractivity contribution >= 4 is 34.6 Å². The van der Waals surface area contributed by atoms with Gasteiger partial charge in [0, 0.05) is 0 Å². The molecule has 1 aliphatic heterocycles. The summed E-state index contributed by atoms with van der Waals surface area (Å²) < 4.78 is 0. The van der Waals surface area contributed by atoms with Crippen molar-refractivity contribution in [2.75, 3.05) is 4.90 Å². The Labute approximate surface area is 127 Å². The molecule has 0 aliphatic carbocycles. The zero-order valence-electron chi connectivity index (χ0n) is 11.5. The number of benzene rings is 2. The van der Waals surface area contributed by atoms with Crippen LogP contribution in [0.5, 0.6) is 0 Å². The molecule has 2 aromatic carbocycles. The Balaban J connectivity index is 1.94. The molecule has 1 saturated heterocycles. The summed E-state index contributed by atoms with van der Waals surface area (Å²) in [5.41, 5.74) is 2.78. The van der Waals surface area contributed by atoms with E-state index in [4.69, 9.17) is 5.41 Å². The number of aryl methyl sites for hydroxylation is 1. The molecule has 0 aromatic heterocycles. The van der Waals surface area contributed by atoms with Gasteiger partial charge < -0.3 is 0 Å². The number of nitrogens with zero attached hydrogens (tertiary/aromatic N) is 1. The van der Waals surface area contributed by atoms with Gasteiger partial charge in [-0.25, -0.2) is 0 Å². The lowest BCUT2D eigenvalue weighted by molar-refractivity contribution is -0.113. The fraction of sp³-hybridized carbons (Fsp3) is 0.0588. The molecule has 0 atom stereocenters. The molecule has 2 aromatic rings. The lowest BCUT2D eigenvalue weighted by Gasteiger charge is -2.14. The molecule has 21 heavy (non-hydrogen) atoms. The fourth-order valence-electron chi connectivity index (χ4n) is 2.19.